The molecule has 278 valence electrons. The molecule has 2 fully saturated rings. The lowest BCUT2D eigenvalue weighted by molar-refractivity contribution is -0.118. The lowest BCUT2D eigenvalue weighted by Gasteiger charge is -2.33. The minimum absolute atomic E-state index is 0.141. The first kappa shape index (κ1) is 44.0. The summed E-state index contributed by atoms with van der Waals surface area (Å²) in [5, 5.41) is 1.11. The van der Waals surface area contributed by atoms with Gasteiger partial charge in [0.15, 0.2) is 0 Å². The molecule has 2 aromatic heterocycles. The number of nitrogens with one attached hydrogen (secondary N) is 1. The van der Waals surface area contributed by atoms with Crippen LogP contribution in [-0.2, 0) is 20.7 Å². The van der Waals surface area contributed by atoms with Crippen LogP contribution in [0.5, 0.6) is 0 Å². The first-order valence-electron chi connectivity index (χ1n) is 18.7. The maximum absolute atomic E-state index is 11.7. The van der Waals surface area contributed by atoms with Crippen molar-refractivity contribution in [3.63, 3.8) is 0 Å². The number of unbranched alkanes of at least 4 members (excludes halogenated alkanes) is 3. The quantitative estimate of drug-likeness (QED) is 0.161. The number of aromatic nitrogens is 3. The van der Waals surface area contributed by atoms with E-state index >= 15 is 0 Å². The van der Waals surface area contributed by atoms with Crippen LogP contribution in [-0.4, -0.2) is 56.8 Å². The van der Waals surface area contributed by atoms with Gasteiger partial charge in [0.2, 0.25) is 6.41 Å². The molecule has 1 aromatic carbocycles. The molecule has 3 heterocycles. The fraction of sp³-hybridized carbons (Fsp3) is 0.585. The molecule has 3 N–H and O–H groups in total. The molecular formula is C41H65N5O4. The molecule has 5 rings (SSSR count). The summed E-state index contributed by atoms with van der Waals surface area (Å²) in [6.45, 7) is 23.4. The molecule has 1 saturated carbocycles. The lowest BCUT2D eigenvalue weighted by Crippen LogP contribution is -2.42. The third kappa shape index (κ3) is 15.3. The van der Waals surface area contributed by atoms with Crippen LogP contribution in [0.1, 0.15) is 137 Å². The number of amides is 2. The highest BCUT2D eigenvalue weighted by Crippen LogP contribution is 2.53. The highest BCUT2D eigenvalue weighted by molar-refractivity contribution is 5.89. The van der Waals surface area contributed by atoms with Crippen LogP contribution in [0.15, 0.2) is 37.0 Å². The standard InChI is InChI=1S/C24H29N3O.C12H21NO2.2C2H6.CH3NO/c1-4-18-15-22-19(13-12-17(3)26-22)14-21(18)23-16-25-24(27-23)11-9-7-6-8-10-20(28)5-2;1-11(2,3)15-10(14)13-8-6-12(4-5-12)7-9-13;2*1-2;2-1-3/h4,12-16H,1,5-11H2,2-3H3,(H,25,27);4-9H2,1-3H3;2*1-2H3;1H,(H2,2,3). The van der Waals surface area contributed by atoms with Gasteiger partial charge in [-0.3, -0.25) is 14.6 Å². The van der Waals surface area contributed by atoms with Crippen LogP contribution in [0.4, 0.5) is 4.79 Å². The highest BCUT2D eigenvalue weighted by atomic mass is 16.6. The Morgan fingerprint density at radius 3 is 2.20 bits per heavy atom. The number of hydrogen-bond donors (Lipinski definition) is 2. The van der Waals surface area contributed by atoms with Gasteiger partial charge >= 0.3 is 6.09 Å². The van der Waals surface area contributed by atoms with E-state index in [1.54, 1.807) is 0 Å². The average molecular weight is 692 g/mol. The molecule has 3 aromatic rings. The van der Waals surface area contributed by atoms with Gasteiger partial charge in [-0.2, -0.15) is 0 Å². The molecule has 9 heteroatoms. The van der Waals surface area contributed by atoms with Gasteiger partial charge in [-0.25, -0.2) is 9.78 Å². The van der Waals surface area contributed by atoms with E-state index in [4.69, 9.17) is 9.53 Å². The van der Waals surface area contributed by atoms with Gasteiger partial charge in [-0.15, -0.1) is 0 Å². The van der Waals surface area contributed by atoms with Gasteiger partial charge < -0.3 is 20.4 Å². The number of carbonyl (C=O) groups is 3. The second-order valence-electron chi connectivity index (χ2n) is 13.4. The van der Waals surface area contributed by atoms with Gasteiger partial charge in [0, 0.05) is 49.0 Å². The number of pyridine rings is 1. The molecule has 2 aliphatic rings. The number of benzene rings is 1. The number of hydrogen-bond acceptors (Lipinski definition) is 6. The van der Waals surface area contributed by atoms with E-state index in [9.17, 15) is 9.59 Å². The fourth-order valence-electron chi connectivity index (χ4n) is 5.63. The van der Waals surface area contributed by atoms with Crippen molar-refractivity contribution < 1.29 is 19.1 Å². The number of nitrogens with two attached hydrogens (primary N) is 1. The maximum Gasteiger partial charge on any atom is 0.410 e. The number of piperidine rings is 1. The zero-order valence-corrected chi connectivity index (χ0v) is 32.5. The molecule has 50 heavy (non-hydrogen) atoms. The second kappa shape index (κ2) is 22.7. The SMILES string of the molecule is C=Cc1cc2nc(C)ccc2cc1-c1cnc(CCCCCCC(=O)CC)[nH]1.CC.CC.CC(C)(C)OC(=O)N1CCC2(CC1)CC2.NC=O. The topological polar surface area (TPSA) is 131 Å². The molecule has 0 atom stereocenters. The van der Waals surface area contributed by atoms with Crippen molar-refractivity contribution in [2.45, 2.75) is 139 Å². The van der Waals surface area contributed by atoms with Crippen LogP contribution in [0.25, 0.3) is 28.2 Å². The Balaban J connectivity index is 0.000000476. The van der Waals surface area contributed by atoms with Crippen molar-refractivity contribution in [3.05, 3.63) is 54.1 Å². The number of Topliss-reactive ketones (excluding diaryl/α,β-unsaturated/α-hetero) is 1. The normalized spacial score (nSPS) is 13.9. The number of nitrogens with zero attached hydrogens (tertiary/aromatic N) is 3. The van der Waals surface area contributed by atoms with Crippen LogP contribution in [0.2, 0.25) is 0 Å². The predicted molar refractivity (Wildman–Crippen MR) is 208 cm³/mol. The third-order valence-corrected chi connectivity index (χ3v) is 8.58. The molecule has 0 unspecified atom stereocenters. The first-order chi connectivity index (χ1) is 23.9. The van der Waals surface area contributed by atoms with E-state index in [1.165, 1.54) is 25.7 Å². The third-order valence-electron chi connectivity index (χ3n) is 8.58. The van der Waals surface area contributed by atoms with Crippen molar-refractivity contribution in [2.75, 3.05) is 13.1 Å². The Morgan fingerprint density at radius 2 is 1.64 bits per heavy atom. The smallest absolute Gasteiger partial charge is 0.410 e. The minimum atomic E-state index is -0.369. The number of fused-ring (bicyclic) bond motifs is 1. The molecule has 1 aliphatic heterocycles. The molecule has 9 nitrogen and oxygen atoms in total. The number of rotatable bonds is 10. The lowest BCUT2D eigenvalue weighted by atomic mass is 9.94. The Morgan fingerprint density at radius 1 is 1.02 bits per heavy atom. The predicted octanol–water partition coefficient (Wildman–Crippen LogP) is 10.00. The van der Waals surface area contributed by atoms with Crippen LogP contribution >= 0.6 is 0 Å². The van der Waals surface area contributed by atoms with Crippen LogP contribution < -0.4 is 5.73 Å². The summed E-state index contributed by atoms with van der Waals surface area (Å²) in [7, 11) is 0. The monoisotopic (exact) mass is 692 g/mol. The number of H-pyrrole nitrogens is 1. The molecule has 1 aliphatic carbocycles. The number of imidazole rings is 1. The second-order valence-corrected chi connectivity index (χ2v) is 13.4. The molecule has 1 saturated heterocycles. The van der Waals surface area contributed by atoms with E-state index in [-0.39, 0.29) is 18.1 Å². The molecule has 0 radical (unpaired) electrons. The Labute approximate surface area is 301 Å². The van der Waals surface area contributed by atoms with Crippen molar-refractivity contribution in [1.29, 1.82) is 0 Å². The highest BCUT2D eigenvalue weighted by Gasteiger charge is 2.45. The zero-order valence-electron chi connectivity index (χ0n) is 32.5. The van der Waals surface area contributed by atoms with Crippen LogP contribution in [0, 0.1) is 12.3 Å². The number of ether oxygens (including phenoxy) is 1. The largest absolute Gasteiger partial charge is 0.444 e. The maximum atomic E-state index is 11.7. The molecular weight excluding hydrogens is 626 g/mol. The number of primary amides is 1. The first-order valence-corrected chi connectivity index (χ1v) is 18.7. The van der Waals surface area contributed by atoms with Gasteiger partial charge in [0.05, 0.1) is 17.4 Å². The number of carbonyl (C=O) groups excluding carboxylic acids is 3. The fourth-order valence-corrected chi connectivity index (χ4v) is 5.63. The summed E-state index contributed by atoms with van der Waals surface area (Å²) in [5.74, 6) is 1.38. The summed E-state index contributed by atoms with van der Waals surface area (Å²) in [5.41, 5.74) is 9.59. The van der Waals surface area contributed by atoms with Crippen molar-refractivity contribution in [1.82, 2.24) is 19.9 Å². The van der Waals surface area contributed by atoms with Gasteiger partial charge in [-0.05, 0) is 95.4 Å². The Hall–Kier alpha value is -4.01. The van der Waals surface area contributed by atoms with E-state index in [1.807, 2.05) is 85.6 Å². The Bertz CT molecular complexity index is 1460. The Kier molecular flexibility index (Phi) is 19.9. The number of ketones is 1. The van der Waals surface area contributed by atoms with E-state index in [0.717, 1.165) is 90.9 Å². The summed E-state index contributed by atoms with van der Waals surface area (Å²) in [4.78, 5) is 46.2. The van der Waals surface area contributed by atoms with Crippen molar-refractivity contribution in [2.24, 2.45) is 11.1 Å². The van der Waals surface area contributed by atoms with Gasteiger partial charge in [0.1, 0.15) is 17.2 Å². The van der Waals surface area contributed by atoms with Crippen molar-refractivity contribution in [3.8, 4) is 11.3 Å². The van der Waals surface area contributed by atoms with E-state index in [2.05, 4.69) is 45.5 Å². The van der Waals surface area contributed by atoms with Crippen molar-refractivity contribution >= 4 is 35.3 Å². The number of likely N-dealkylation sites (tertiary alicyclic amines) is 1. The van der Waals surface area contributed by atoms with Gasteiger partial charge in [0.25, 0.3) is 0 Å². The van der Waals surface area contributed by atoms with E-state index < -0.39 is 0 Å². The summed E-state index contributed by atoms with van der Waals surface area (Å²) in [6, 6.07) is 8.38. The summed E-state index contributed by atoms with van der Waals surface area (Å²) in [6.07, 6.45) is 15.6. The summed E-state index contributed by atoms with van der Waals surface area (Å²) < 4.78 is 5.35. The summed E-state index contributed by atoms with van der Waals surface area (Å²) >= 11 is 0. The molecule has 1 spiro atoms. The molecule has 2 amide bonds. The van der Waals surface area contributed by atoms with E-state index in [0.29, 0.717) is 17.6 Å². The zero-order chi connectivity index (χ0) is 37.7. The molecule has 0 bridgehead atoms. The van der Waals surface area contributed by atoms with Crippen LogP contribution in [0.3, 0.4) is 0 Å². The minimum Gasteiger partial charge on any atom is -0.444 e. The number of aryl methyl sites for hydroxylation is 2. The van der Waals surface area contributed by atoms with Gasteiger partial charge in [-0.1, -0.05) is 66.2 Å². The number of aromatic amines is 1. The average Bonchev–Trinajstić information content (AvgIpc) is 3.69.